The molecule has 5 N–H and O–H groups in total. The minimum absolute atomic E-state index is 0.0741. The third-order valence-corrected chi connectivity index (χ3v) is 6.05. The van der Waals surface area contributed by atoms with Crippen LogP contribution in [0.3, 0.4) is 0 Å². The molecular formula is C21H30N4O4S. The lowest BCUT2D eigenvalue weighted by Crippen LogP contribution is -2.46. The number of nitrogens with zero attached hydrogens (tertiary/aromatic N) is 1. The maximum absolute atomic E-state index is 12.0. The highest BCUT2D eigenvalue weighted by Gasteiger charge is 2.25. The van der Waals surface area contributed by atoms with E-state index in [4.69, 9.17) is 20.9 Å². The fraction of sp³-hybridized carbons (Fsp3) is 0.524. The summed E-state index contributed by atoms with van der Waals surface area (Å²) < 4.78 is 12.0. The molecule has 0 radical (unpaired) electrons. The van der Waals surface area contributed by atoms with Gasteiger partial charge in [0.15, 0.2) is 0 Å². The van der Waals surface area contributed by atoms with E-state index in [-0.39, 0.29) is 12.1 Å². The lowest BCUT2D eigenvalue weighted by atomic mass is 10.0. The van der Waals surface area contributed by atoms with E-state index in [9.17, 15) is 9.59 Å². The monoisotopic (exact) mass is 434 g/mol. The number of amides is 2. The van der Waals surface area contributed by atoms with Gasteiger partial charge in [-0.3, -0.25) is 4.79 Å². The summed E-state index contributed by atoms with van der Waals surface area (Å²) >= 11 is 1.28. The van der Waals surface area contributed by atoms with E-state index in [0.29, 0.717) is 22.9 Å². The summed E-state index contributed by atoms with van der Waals surface area (Å²) in [5.41, 5.74) is 12.5. The van der Waals surface area contributed by atoms with Gasteiger partial charge in [-0.1, -0.05) is 0 Å². The van der Waals surface area contributed by atoms with Crippen LogP contribution in [0.4, 0.5) is 16.2 Å². The van der Waals surface area contributed by atoms with Crippen LogP contribution in [0, 0.1) is 0 Å². The molecular weight excluding hydrogens is 404 g/mol. The van der Waals surface area contributed by atoms with Crippen LogP contribution in [0.2, 0.25) is 0 Å². The third kappa shape index (κ3) is 4.89. The van der Waals surface area contributed by atoms with Gasteiger partial charge in [-0.15, -0.1) is 11.3 Å². The minimum atomic E-state index is -0.535. The molecule has 1 aliphatic heterocycles. The number of ether oxygens (including phenoxy) is 2. The van der Waals surface area contributed by atoms with Crippen molar-refractivity contribution < 1.29 is 19.1 Å². The van der Waals surface area contributed by atoms with E-state index in [1.165, 1.54) is 11.3 Å². The summed E-state index contributed by atoms with van der Waals surface area (Å²) in [5.74, 6) is 0.118. The molecule has 8 nitrogen and oxygen atoms in total. The number of nitrogen functional groups attached to an aromatic ring is 1. The lowest BCUT2D eigenvalue weighted by molar-refractivity contribution is 0.0497. The van der Waals surface area contributed by atoms with E-state index in [2.05, 4.69) is 10.2 Å². The first-order chi connectivity index (χ1) is 14.1. The molecule has 0 unspecified atom stereocenters. The van der Waals surface area contributed by atoms with Crippen molar-refractivity contribution in [3.05, 3.63) is 17.0 Å². The molecule has 1 aromatic heterocycles. The molecule has 0 aliphatic carbocycles. The Kier molecular flexibility index (Phi) is 6.30. The first kappa shape index (κ1) is 22.0. The highest BCUT2D eigenvalue weighted by atomic mass is 32.1. The Bertz CT molecular complexity index is 943. The van der Waals surface area contributed by atoms with E-state index in [1.807, 2.05) is 39.8 Å². The molecule has 1 aromatic carbocycles. The zero-order valence-corrected chi connectivity index (χ0v) is 18.7. The fourth-order valence-electron chi connectivity index (χ4n) is 3.59. The SMILES string of the molecule is CCOc1cc(N2CCC(NC(=O)OC(C)(C)C)CC2)cc2sc(C(N)=O)c(N)c12. The number of fused-ring (bicyclic) bond motifs is 1. The second-order valence-corrected chi connectivity index (χ2v) is 9.42. The maximum atomic E-state index is 12.0. The number of hydrogen-bond donors (Lipinski definition) is 3. The van der Waals surface area contributed by atoms with Gasteiger partial charge in [-0.25, -0.2) is 4.79 Å². The first-order valence-corrected chi connectivity index (χ1v) is 10.9. The van der Waals surface area contributed by atoms with Crippen molar-refractivity contribution >= 4 is 44.8 Å². The third-order valence-electron chi connectivity index (χ3n) is 4.88. The van der Waals surface area contributed by atoms with Crippen molar-refractivity contribution in [2.24, 2.45) is 5.73 Å². The Labute approximate surface area is 180 Å². The topological polar surface area (TPSA) is 120 Å². The van der Waals surface area contributed by atoms with Gasteiger partial charge >= 0.3 is 6.09 Å². The van der Waals surface area contributed by atoms with E-state index in [0.717, 1.165) is 41.7 Å². The molecule has 1 fully saturated rings. The Balaban J connectivity index is 1.76. The lowest BCUT2D eigenvalue weighted by Gasteiger charge is -2.34. The Hall–Kier alpha value is -2.68. The Morgan fingerprint density at radius 1 is 1.27 bits per heavy atom. The first-order valence-electron chi connectivity index (χ1n) is 10.1. The normalized spacial score (nSPS) is 15.3. The maximum Gasteiger partial charge on any atom is 0.407 e. The highest BCUT2D eigenvalue weighted by Crippen LogP contribution is 2.42. The summed E-state index contributed by atoms with van der Waals surface area (Å²) in [6.07, 6.45) is 1.23. The molecule has 2 aromatic rings. The number of nitrogens with one attached hydrogen (secondary N) is 1. The van der Waals surface area contributed by atoms with E-state index in [1.54, 1.807) is 0 Å². The number of nitrogens with two attached hydrogens (primary N) is 2. The molecule has 1 aliphatic rings. The van der Waals surface area contributed by atoms with Gasteiger partial charge in [-0.2, -0.15) is 0 Å². The predicted molar refractivity (Wildman–Crippen MR) is 121 cm³/mol. The summed E-state index contributed by atoms with van der Waals surface area (Å²) in [6, 6.07) is 4.05. The number of rotatable bonds is 5. The molecule has 30 heavy (non-hydrogen) atoms. The van der Waals surface area contributed by atoms with Gasteiger partial charge in [0, 0.05) is 35.6 Å². The number of anilines is 2. The number of alkyl carbamates (subject to hydrolysis) is 1. The molecule has 2 amide bonds. The van der Waals surface area contributed by atoms with Gasteiger partial charge in [-0.05, 0) is 46.6 Å². The second kappa shape index (κ2) is 8.59. The van der Waals surface area contributed by atoms with Crippen LogP contribution >= 0.6 is 11.3 Å². The summed E-state index contributed by atoms with van der Waals surface area (Å²) in [5, 5.41) is 3.69. The standard InChI is InChI=1S/C21H30N4O4S/c1-5-28-14-10-13(11-15-16(14)17(22)18(30-15)19(23)26)25-8-6-12(7-9-25)24-20(27)29-21(2,3)4/h10-12H,5-9,22H2,1-4H3,(H2,23,26)(H,24,27). The molecule has 2 heterocycles. The largest absolute Gasteiger partial charge is 0.493 e. The van der Waals surface area contributed by atoms with Crippen LogP contribution in [-0.2, 0) is 4.74 Å². The van der Waals surface area contributed by atoms with E-state index >= 15 is 0 Å². The molecule has 0 atom stereocenters. The zero-order chi connectivity index (χ0) is 22.1. The van der Waals surface area contributed by atoms with Crippen molar-refractivity contribution in [2.45, 2.75) is 52.2 Å². The van der Waals surface area contributed by atoms with Gasteiger partial charge in [0.05, 0.1) is 17.7 Å². The molecule has 9 heteroatoms. The number of carbonyl (C=O) groups excluding carboxylic acids is 2. The van der Waals surface area contributed by atoms with Crippen LogP contribution in [0.25, 0.3) is 10.1 Å². The number of piperidine rings is 1. The van der Waals surface area contributed by atoms with Crippen molar-refractivity contribution in [3.63, 3.8) is 0 Å². The summed E-state index contributed by atoms with van der Waals surface area (Å²) in [4.78, 5) is 26.3. The highest BCUT2D eigenvalue weighted by molar-refractivity contribution is 7.21. The van der Waals surface area contributed by atoms with Gasteiger partial charge in [0.2, 0.25) is 0 Å². The summed E-state index contributed by atoms with van der Waals surface area (Å²) in [7, 11) is 0. The average molecular weight is 435 g/mol. The number of benzene rings is 1. The molecule has 1 saturated heterocycles. The minimum Gasteiger partial charge on any atom is -0.493 e. The smallest absolute Gasteiger partial charge is 0.407 e. The van der Waals surface area contributed by atoms with Crippen LogP contribution in [0.15, 0.2) is 12.1 Å². The number of hydrogen-bond acceptors (Lipinski definition) is 7. The number of thiophene rings is 1. The zero-order valence-electron chi connectivity index (χ0n) is 17.9. The van der Waals surface area contributed by atoms with Crippen LogP contribution in [-0.4, -0.2) is 43.3 Å². The van der Waals surface area contributed by atoms with Crippen molar-refractivity contribution in [2.75, 3.05) is 30.3 Å². The summed E-state index contributed by atoms with van der Waals surface area (Å²) in [6.45, 7) is 9.50. The van der Waals surface area contributed by atoms with Crippen LogP contribution in [0.5, 0.6) is 5.75 Å². The molecule has 164 valence electrons. The average Bonchev–Trinajstić information content (AvgIpc) is 2.98. The van der Waals surface area contributed by atoms with Crippen LogP contribution < -0.4 is 26.4 Å². The van der Waals surface area contributed by atoms with Gasteiger partial charge in [0.25, 0.3) is 5.91 Å². The second-order valence-electron chi connectivity index (χ2n) is 8.37. The van der Waals surface area contributed by atoms with Crippen molar-refractivity contribution in [3.8, 4) is 5.75 Å². The fourth-order valence-corrected chi connectivity index (χ4v) is 4.62. The molecule has 0 spiro atoms. The Morgan fingerprint density at radius 3 is 2.50 bits per heavy atom. The predicted octanol–water partition coefficient (Wildman–Crippen LogP) is 3.47. The van der Waals surface area contributed by atoms with E-state index < -0.39 is 11.5 Å². The van der Waals surface area contributed by atoms with Gasteiger partial charge < -0.3 is 31.2 Å². The molecule has 3 rings (SSSR count). The van der Waals surface area contributed by atoms with Gasteiger partial charge in [0.1, 0.15) is 16.2 Å². The Morgan fingerprint density at radius 2 is 1.93 bits per heavy atom. The quantitative estimate of drug-likeness (QED) is 0.663. The molecule has 0 bridgehead atoms. The number of primary amides is 1. The molecule has 0 saturated carbocycles. The van der Waals surface area contributed by atoms with Crippen molar-refractivity contribution in [1.29, 1.82) is 0 Å². The van der Waals surface area contributed by atoms with Crippen LogP contribution in [0.1, 0.15) is 50.2 Å². The number of carbonyl (C=O) groups is 2. The van der Waals surface area contributed by atoms with Crippen molar-refractivity contribution in [1.82, 2.24) is 5.32 Å².